The lowest BCUT2D eigenvalue weighted by Crippen LogP contribution is -2.29. The monoisotopic (exact) mass is 318 g/mol. The summed E-state index contributed by atoms with van der Waals surface area (Å²) in [5, 5.41) is 11.9. The highest BCUT2D eigenvalue weighted by Gasteiger charge is 2.31. The van der Waals surface area contributed by atoms with Gasteiger partial charge in [0.2, 0.25) is 0 Å². The molecule has 0 fully saturated rings. The Morgan fingerprint density at radius 2 is 1.95 bits per heavy atom. The van der Waals surface area contributed by atoms with Gasteiger partial charge in [-0.2, -0.15) is 0 Å². The van der Waals surface area contributed by atoms with Crippen LogP contribution in [0, 0.1) is 0 Å². The molecule has 2 rings (SSSR count). The van der Waals surface area contributed by atoms with E-state index in [0.29, 0.717) is 17.9 Å². The first-order valence-corrected chi connectivity index (χ1v) is 8.26. The number of aromatic nitrogens is 2. The molecule has 22 heavy (non-hydrogen) atoms. The molecule has 1 atom stereocenters. The minimum Gasteiger partial charge on any atom is -0.385 e. The van der Waals surface area contributed by atoms with Crippen LogP contribution in [0.4, 0.5) is 0 Å². The van der Waals surface area contributed by atoms with E-state index in [9.17, 15) is 5.11 Å². The molecule has 118 valence electrons. The van der Waals surface area contributed by atoms with Gasteiger partial charge in [0, 0.05) is 35.6 Å². The number of benzene rings is 1. The van der Waals surface area contributed by atoms with E-state index >= 15 is 0 Å². The minimum atomic E-state index is -0.998. The number of nitrogens with zero attached hydrogens (tertiary/aromatic N) is 2. The molecule has 0 radical (unpaired) electrons. The van der Waals surface area contributed by atoms with Gasteiger partial charge < -0.3 is 5.11 Å². The average molecular weight is 319 g/mol. The van der Waals surface area contributed by atoms with Gasteiger partial charge in [-0.3, -0.25) is 9.97 Å². The number of aliphatic hydroxyl groups is 1. The van der Waals surface area contributed by atoms with E-state index < -0.39 is 5.60 Å². The van der Waals surface area contributed by atoms with Gasteiger partial charge >= 0.3 is 0 Å². The highest BCUT2D eigenvalue weighted by molar-refractivity contribution is 6.31. The van der Waals surface area contributed by atoms with Crippen molar-refractivity contribution in [1.29, 1.82) is 0 Å². The van der Waals surface area contributed by atoms with Gasteiger partial charge in [0.1, 0.15) is 0 Å². The second kappa shape index (κ2) is 8.25. The normalized spacial score (nSPS) is 13.8. The van der Waals surface area contributed by atoms with Crippen LogP contribution in [-0.4, -0.2) is 15.1 Å². The van der Waals surface area contributed by atoms with E-state index in [-0.39, 0.29) is 0 Å². The van der Waals surface area contributed by atoms with Crippen LogP contribution < -0.4 is 0 Å². The number of halogens is 1. The van der Waals surface area contributed by atoms with Gasteiger partial charge in [0.15, 0.2) is 0 Å². The molecular formula is C18H23ClN2O. The summed E-state index contributed by atoms with van der Waals surface area (Å²) in [5.74, 6) is 0. The van der Waals surface area contributed by atoms with Crippen LogP contribution in [0.2, 0.25) is 5.02 Å². The first-order chi connectivity index (χ1) is 10.7. The van der Waals surface area contributed by atoms with Crippen molar-refractivity contribution in [3.8, 4) is 0 Å². The number of hydrogen-bond donors (Lipinski definition) is 1. The molecule has 0 bridgehead atoms. The number of rotatable bonds is 8. The Morgan fingerprint density at radius 1 is 1.14 bits per heavy atom. The van der Waals surface area contributed by atoms with Crippen molar-refractivity contribution >= 4 is 11.6 Å². The molecule has 1 aromatic heterocycles. The molecule has 1 N–H and O–H groups in total. The van der Waals surface area contributed by atoms with Crippen LogP contribution in [0.25, 0.3) is 0 Å². The maximum Gasteiger partial charge on any atom is 0.0966 e. The zero-order chi connectivity index (χ0) is 15.8. The molecular weight excluding hydrogens is 296 g/mol. The first-order valence-electron chi connectivity index (χ1n) is 7.88. The summed E-state index contributed by atoms with van der Waals surface area (Å²) in [6, 6.07) is 7.52. The molecule has 2 aromatic rings. The van der Waals surface area contributed by atoms with Gasteiger partial charge in [0.25, 0.3) is 0 Å². The lowest BCUT2D eigenvalue weighted by molar-refractivity contribution is 0.0240. The summed E-state index contributed by atoms with van der Waals surface area (Å²) in [5.41, 5.74) is 0.557. The van der Waals surface area contributed by atoms with Crippen LogP contribution in [0.3, 0.4) is 0 Å². The van der Waals surface area contributed by atoms with E-state index in [1.165, 1.54) is 12.8 Å². The fourth-order valence-electron chi connectivity index (χ4n) is 2.72. The summed E-state index contributed by atoms with van der Waals surface area (Å²) in [4.78, 5) is 8.39. The van der Waals surface area contributed by atoms with Crippen LogP contribution in [-0.2, 0) is 12.0 Å². The van der Waals surface area contributed by atoms with Crippen molar-refractivity contribution < 1.29 is 5.11 Å². The molecule has 4 heteroatoms. The lowest BCUT2D eigenvalue weighted by Gasteiger charge is -2.29. The van der Waals surface area contributed by atoms with Gasteiger partial charge in [-0.1, -0.05) is 62.4 Å². The summed E-state index contributed by atoms with van der Waals surface area (Å²) < 4.78 is 0. The smallest absolute Gasteiger partial charge is 0.0966 e. The molecule has 0 aliphatic carbocycles. The molecule has 0 spiro atoms. The maximum absolute atomic E-state index is 11.3. The minimum absolute atomic E-state index is 0.427. The third kappa shape index (κ3) is 4.52. The van der Waals surface area contributed by atoms with Gasteiger partial charge in [0.05, 0.1) is 11.3 Å². The lowest BCUT2D eigenvalue weighted by atomic mass is 9.84. The summed E-state index contributed by atoms with van der Waals surface area (Å²) >= 11 is 6.32. The van der Waals surface area contributed by atoms with E-state index in [2.05, 4.69) is 16.9 Å². The van der Waals surface area contributed by atoms with Crippen LogP contribution in [0.1, 0.15) is 50.3 Å². The zero-order valence-electron chi connectivity index (χ0n) is 13.0. The number of unbranched alkanes of at least 4 members (excludes halogenated alkanes) is 3. The fourth-order valence-corrected chi connectivity index (χ4v) is 3.03. The van der Waals surface area contributed by atoms with Crippen molar-refractivity contribution in [1.82, 2.24) is 9.97 Å². The Kier molecular flexibility index (Phi) is 6.34. The van der Waals surface area contributed by atoms with E-state index in [0.717, 1.165) is 24.1 Å². The third-order valence-electron chi connectivity index (χ3n) is 3.91. The summed E-state index contributed by atoms with van der Waals surface area (Å²) in [6.45, 7) is 2.18. The molecule has 0 amide bonds. The standard InChI is InChI=1S/C18H23ClN2O/c1-2-3-4-7-10-18(22,13-15-14-20-11-12-21-15)16-8-5-6-9-17(16)19/h5-6,8-9,11-12,14,22H,2-4,7,10,13H2,1H3. The van der Waals surface area contributed by atoms with Gasteiger partial charge in [-0.05, 0) is 12.5 Å². The molecule has 1 unspecified atom stereocenters. The highest BCUT2D eigenvalue weighted by Crippen LogP contribution is 2.35. The Balaban J connectivity index is 2.21. The summed E-state index contributed by atoms with van der Waals surface area (Å²) in [6.07, 6.45) is 10.5. The molecule has 0 saturated heterocycles. The van der Waals surface area contributed by atoms with Crippen molar-refractivity contribution in [2.75, 3.05) is 0 Å². The predicted octanol–water partition coefficient (Wildman–Crippen LogP) is 4.53. The quantitative estimate of drug-likeness (QED) is 0.727. The second-order valence-corrected chi connectivity index (χ2v) is 6.10. The van der Waals surface area contributed by atoms with E-state index in [1.54, 1.807) is 18.6 Å². The average Bonchev–Trinajstić information content (AvgIpc) is 2.53. The molecule has 3 nitrogen and oxygen atoms in total. The van der Waals surface area contributed by atoms with Gasteiger partial charge in [-0.25, -0.2) is 0 Å². The fraction of sp³-hybridized carbons (Fsp3) is 0.444. The van der Waals surface area contributed by atoms with Crippen LogP contribution in [0.15, 0.2) is 42.9 Å². The third-order valence-corrected chi connectivity index (χ3v) is 4.24. The SMILES string of the molecule is CCCCCCC(O)(Cc1cnccn1)c1ccccc1Cl. The second-order valence-electron chi connectivity index (χ2n) is 5.70. The van der Waals surface area contributed by atoms with Crippen LogP contribution >= 0.6 is 11.6 Å². The Hall–Kier alpha value is -1.45. The van der Waals surface area contributed by atoms with Crippen LogP contribution in [0.5, 0.6) is 0 Å². The predicted molar refractivity (Wildman–Crippen MR) is 89.8 cm³/mol. The van der Waals surface area contributed by atoms with Crippen molar-refractivity contribution in [3.05, 3.63) is 59.1 Å². The van der Waals surface area contributed by atoms with Crippen molar-refractivity contribution in [3.63, 3.8) is 0 Å². The van der Waals surface area contributed by atoms with Gasteiger partial charge in [-0.15, -0.1) is 0 Å². The largest absolute Gasteiger partial charge is 0.385 e. The van der Waals surface area contributed by atoms with Crippen molar-refractivity contribution in [2.24, 2.45) is 0 Å². The molecule has 0 saturated carbocycles. The maximum atomic E-state index is 11.3. The van der Waals surface area contributed by atoms with Crippen molar-refractivity contribution in [2.45, 2.75) is 51.0 Å². The Bertz CT molecular complexity index is 576. The Labute approximate surface area is 137 Å². The Morgan fingerprint density at radius 3 is 2.64 bits per heavy atom. The van der Waals surface area contributed by atoms with E-state index in [4.69, 9.17) is 11.6 Å². The van der Waals surface area contributed by atoms with E-state index in [1.807, 2.05) is 24.3 Å². The molecule has 0 aliphatic rings. The number of hydrogen-bond acceptors (Lipinski definition) is 3. The zero-order valence-corrected chi connectivity index (χ0v) is 13.8. The first kappa shape index (κ1) is 16.9. The topological polar surface area (TPSA) is 46.0 Å². The molecule has 1 aromatic carbocycles. The highest BCUT2D eigenvalue weighted by atomic mass is 35.5. The summed E-state index contributed by atoms with van der Waals surface area (Å²) in [7, 11) is 0. The molecule has 0 aliphatic heterocycles. The molecule has 1 heterocycles.